The molecule has 0 aliphatic carbocycles. The first-order valence-electron chi connectivity index (χ1n) is 8.23. The lowest BCUT2D eigenvalue weighted by molar-refractivity contribution is 0.0632. The van der Waals surface area contributed by atoms with E-state index in [0.29, 0.717) is 37.9 Å². The molecule has 1 aromatic heterocycles. The lowest BCUT2D eigenvalue weighted by Gasteiger charge is -2.27. The quantitative estimate of drug-likeness (QED) is 0.623. The number of morpholine rings is 1. The zero-order valence-electron chi connectivity index (χ0n) is 14.4. The summed E-state index contributed by atoms with van der Waals surface area (Å²) < 4.78 is 11.3. The minimum absolute atomic E-state index is 0.0962. The second-order valence-electron chi connectivity index (χ2n) is 6.14. The Bertz CT molecular complexity index is 752. The first-order valence-corrected chi connectivity index (χ1v) is 8.23. The summed E-state index contributed by atoms with van der Waals surface area (Å²) in [5, 5.41) is 11.8. The highest BCUT2D eigenvalue weighted by Crippen LogP contribution is 2.25. The van der Waals surface area contributed by atoms with E-state index in [-0.39, 0.29) is 5.43 Å². The van der Waals surface area contributed by atoms with Gasteiger partial charge in [0.15, 0.2) is 11.3 Å². The third kappa shape index (κ3) is 4.46. The van der Waals surface area contributed by atoms with Crippen LogP contribution in [0.2, 0.25) is 0 Å². The summed E-state index contributed by atoms with van der Waals surface area (Å²) in [6.07, 6.45) is -0.796. The summed E-state index contributed by atoms with van der Waals surface area (Å²) >= 11 is 0. The lowest BCUT2D eigenvalue weighted by Crippen LogP contribution is -2.36. The highest BCUT2D eigenvalue weighted by molar-refractivity contribution is 5.59. The van der Waals surface area contributed by atoms with Gasteiger partial charge in [-0.1, -0.05) is 24.3 Å². The molecular weight excluding hydrogens is 322 g/mol. The molecule has 1 aliphatic heterocycles. The maximum Gasteiger partial charge on any atom is 0.200 e. The molecule has 0 amide bonds. The fourth-order valence-corrected chi connectivity index (χ4v) is 2.69. The minimum Gasteiger partial charge on any atom is -0.440 e. The molecule has 1 saturated heterocycles. The molecule has 2 N–H and O–H groups in total. The van der Waals surface area contributed by atoms with Crippen molar-refractivity contribution in [1.82, 2.24) is 10.4 Å². The Labute approximate surface area is 146 Å². The Morgan fingerprint density at radius 2 is 1.84 bits per heavy atom. The van der Waals surface area contributed by atoms with Crippen LogP contribution in [0.4, 0.5) is 5.88 Å². The van der Waals surface area contributed by atoms with E-state index < -0.39 is 6.23 Å². The van der Waals surface area contributed by atoms with Crippen molar-refractivity contribution in [1.29, 1.82) is 0 Å². The van der Waals surface area contributed by atoms with Gasteiger partial charge in [0.2, 0.25) is 0 Å². The van der Waals surface area contributed by atoms with Crippen LogP contribution in [-0.4, -0.2) is 50.5 Å². The number of rotatable bonds is 5. The van der Waals surface area contributed by atoms with E-state index in [4.69, 9.17) is 9.15 Å². The Hall–Kier alpha value is -2.19. The first kappa shape index (κ1) is 17.6. The number of anilines is 1. The summed E-state index contributed by atoms with van der Waals surface area (Å²) in [4.78, 5) is 14.1. The van der Waals surface area contributed by atoms with Crippen molar-refractivity contribution in [2.24, 2.45) is 0 Å². The summed E-state index contributed by atoms with van der Waals surface area (Å²) in [7, 11) is 3.62. The average molecular weight is 345 g/mol. The van der Waals surface area contributed by atoms with Crippen LogP contribution in [0.3, 0.4) is 0 Å². The van der Waals surface area contributed by atoms with Gasteiger partial charge in [-0.25, -0.2) is 10.4 Å². The van der Waals surface area contributed by atoms with Crippen LogP contribution >= 0.6 is 0 Å². The van der Waals surface area contributed by atoms with Gasteiger partial charge in [0, 0.05) is 44.9 Å². The van der Waals surface area contributed by atoms with E-state index in [0.717, 1.165) is 11.1 Å². The van der Waals surface area contributed by atoms with Gasteiger partial charge < -0.3 is 19.2 Å². The third-order valence-corrected chi connectivity index (χ3v) is 3.97. The summed E-state index contributed by atoms with van der Waals surface area (Å²) in [5.41, 5.74) is 4.29. The van der Waals surface area contributed by atoms with Crippen molar-refractivity contribution in [3.05, 3.63) is 52.2 Å². The number of aliphatic hydroxyl groups is 1. The van der Waals surface area contributed by atoms with Crippen LogP contribution in [-0.2, 0) is 4.74 Å². The van der Waals surface area contributed by atoms with E-state index >= 15 is 0 Å². The maximum absolute atomic E-state index is 12.1. The summed E-state index contributed by atoms with van der Waals surface area (Å²) in [6, 6.07) is 10.3. The summed E-state index contributed by atoms with van der Waals surface area (Å²) in [5.74, 6) is 1.07. The average Bonchev–Trinajstić information content (AvgIpc) is 2.61. The van der Waals surface area contributed by atoms with Gasteiger partial charge >= 0.3 is 0 Å². The van der Waals surface area contributed by atoms with Gasteiger partial charge in [0.05, 0.1) is 13.2 Å². The number of aliphatic hydroxyl groups excluding tert-OH is 1. The SMILES string of the molecule is CN(C)NC(O)c1ccc(-c2cc(=O)cc(N3CCOCC3)o2)cc1. The molecule has 1 fully saturated rings. The lowest BCUT2D eigenvalue weighted by atomic mass is 10.1. The van der Waals surface area contributed by atoms with E-state index in [2.05, 4.69) is 5.43 Å². The molecule has 7 heteroatoms. The smallest absolute Gasteiger partial charge is 0.200 e. The number of hydrogen-bond acceptors (Lipinski definition) is 7. The highest BCUT2D eigenvalue weighted by atomic mass is 16.5. The normalized spacial score (nSPS) is 16.2. The van der Waals surface area contributed by atoms with Crippen molar-refractivity contribution < 1.29 is 14.3 Å². The Morgan fingerprint density at radius 3 is 2.48 bits per heavy atom. The second kappa shape index (κ2) is 7.79. The zero-order chi connectivity index (χ0) is 17.8. The van der Waals surface area contributed by atoms with Crippen LogP contribution in [0.25, 0.3) is 11.3 Å². The molecular formula is C18H23N3O4. The molecule has 7 nitrogen and oxygen atoms in total. The van der Waals surface area contributed by atoms with Crippen molar-refractivity contribution in [3.63, 3.8) is 0 Å². The van der Waals surface area contributed by atoms with E-state index in [1.54, 1.807) is 17.1 Å². The second-order valence-corrected chi connectivity index (χ2v) is 6.14. The van der Waals surface area contributed by atoms with Gasteiger partial charge in [0.25, 0.3) is 0 Å². The van der Waals surface area contributed by atoms with Gasteiger partial charge in [-0.15, -0.1) is 0 Å². The minimum atomic E-state index is -0.796. The predicted molar refractivity (Wildman–Crippen MR) is 95.2 cm³/mol. The molecule has 0 spiro atoms. The molecule has 0 bridgehead atoms. The molecule has 1 aliphatic rings. The molecule has 1 aromatic carbocycles. The van der Waals surface area contributed by atoms with Crippen molar-refractivity contribution in [3.8, 4) is 11.3 Å². The number of nitrogens with one attached hydrogen (secondary N) is 1. The maximum atomic E-state index is 12.1. The predicted octanol–water partition coefficient (Wildman–Crippen LogP) is 1.20. The number of ether oxygens (including phenoxy) is 1. The van der Waals surface area contributed by atoms with Gasteiger partial charge in [-0.3, -0.25) is 4.79 Å². The largest absolute Gasteiger partial charge is 0.440 e. The highest BCUT2D eigenvalue weighted by Gasteiger charge is 2.15. The molecule has 2 aromatic rings. The third-order valence-electron chi connectivity index (χ3n) is 3.97. The van der Waals surface area contributed by atoms with Gasteiger partial charge in [0.1, 0.15) is 12.0 Å². The summed E-state index contributed by atoms with van der Waals surface area (Å²) in [6.45, 7) is 2.65. The monoisotopic (exact) mass is 345 g/mol. The zero-order valence-corrected chi connectivity index (χ0v) is 14.4. The fraction of sp³-hybridized carbons (Fsp3) is 0.389. The molecule has 134 valence electrons. The number of benzene rings is 1. The van der Waals surface area contributed by atoms with Crippen molar-refractivity contribution in [2.45, 2.75) is 6.23 Å². The number of nitrogens with zero attached hydrogens (tertiary/aromatic N) is 2. The van der Waals surface area contributed by atoms with E-state index in [9.17, 15) is 9.90 Å². The molecule has 1 atom stereocenters. The Morgan fingerprint density at radius 1 is 1.16 bits per heavy atom. The molecule has 3 rings (SSSR count). The standard InChI is InChI=1S/C18H23N3O4/c1-20(2)19-18(23)14-5-3-13(4-6-14)16-11-15(22)12-17(25-16)21-7-9-24-10-8-21/h3-6,11-12,18-19,23H,7-10H2,1-2H3. The number of hydrazine groups is 1. The van der Waals surface area contributed by atoms with Gasteiger partial charge in [-0.05, 0) is 5.56 Å². The molecule has 2 heterocycles. The molecule has 0 saturated carbocycles. The number of hydrogen-bond donors (Lipinski definition) is 2. The van der Waals surface area contributed by atoms with Crippen molar-refractivity contribution >= 4 is 5.88 Å². The van der Waals surface area contributed by atoms with E-state index in [1.807, 2.05) is 31.1 Å². The Balaban J connectivity index is 1.83. The van der Waals surface area contributed by atoms with Crippen LogP contribution < -0.4 is 15.8 Å². The molecule has 1 unspecified atom stereocenters. The molecule has 25 heavy (non-hydrogen) atoms. The topological polar surface area (TPSA) is 78.2 Å². The van der Waals surface area contributed by atoms with Crippen LogP contribution in [0.1, 0.15) is 11.8 Å². The van der Waals surface area contributed by atoms with Crippen molar-refractivity contribution in [2.75, 3.05) is 45.3 Å². The van der Waals surface area contributed by atoms with Gasteiger partial charge in [-0.2, -0.15) is 0 Å². The van der Waals surface area contributed by atoms with E-state index in [1.165, 1.54) is 12.1 Å². The molecule has 0 radical (unpaired) electrons. The van der Waals surface area contributed by atoms with Crippen LogP contribution in [0.5, 0.6) is 0 Å². The fourth-order valence-electron chi connectivity index (χ4n) is 2.69. The Kier molecular flexibility index (Phi) is 5.50. The van der Waals surface area contributed by atoms with Crippen LogP contribution in [0, 0.1) is 0 Å². The first-order chi connectivity index (χ1) is 12.0. The van der Waals surface area contributed by atoms with Crippen LogP contribution in [0.15, 0.2) is 45.6 Å².